The van der Waals surface area contributed by atoms with Crippen molar-refractivity contribution in [3.63, 3.8) is 0 Å². The number of hydrogen-bond donors (Lipinski definition) is 1. The summed E-state index contributed by atoms with van der Waals surface area (Å²) in [6.45, 7) is 0. The molecule has 0 fully saturated rings. The average molecular weight is 565 g/mol. The van der Waals surface area contributed by atoms with Gasteiger partial charge in [0.05, 0.1) is 11.6 Å². The average Bonchev–Trinajstić information content (AvgIpc) is 3.09. The third-order valence-corrected chi connectivity index (χ3v) is 8.20. The number of anilines is 3. The normalized spacial score (nSPS) is 14.6. The van der Waals surface area contributed by atoms with Crippen molar-refractivity contribution in [1.29, 1.82) is 5.41 Å². The third kappa shape index (κ3) is 5.54. The van der Waals surface area contributed by atoms with Gasteiger partial charge in [-0.05, 0) is 69.6 Å². The Morgan fingerprint density at radius 3 is 1.91 bits per heavy atom. The van der Waals surface area contributed by atoms with E-state index in [9.17, 15) is 0 Å². The van der Waals surface area contributed by atoms with Crippen molar-refractivity contribution in [2.24, 2.45) is 0 Å². The van der Waals surface area contributed by atoms with E-state index in [4.69, 9.17) is 5.41 Å². The molecule has 6 aromatic rings. The van der Waals surface area contributed by atoms with E-state index in [2.05, 4.69) is 157 Å². The standard InChI is InChI=1S/C42H32N2/c43-40-19-9-15-35(22-21-31-11-3-1-4-12-31)42(40)36-25-23-32(24-26-36)33-27-29-38(30-28-33)44(37-16-5-2-6-17-37)41-20-10-14-34-13-7-8-18-39(34)41/h1-30,42-43H. The van der Waals surface area contributed by atoms with E-state index in [0.29, 0.717) is 5.71 Å². The summed E-state index contributed by atoms with van der Waals surface area (Å²) < 4.78 is 0. The molecule has 0 bridgehead atoms. The first-order chi connectivity index (χ1) is 21.7. The maximum absolute atomic E-state index is 8.70. The Labute approximate surface area is 259 Å². The largest absolute Gasteiger partial charge is 0.310 e. The van der Waals surface area contributed by atoms with E-state index < -0.39 is 0 Å². The number of nitrogens with one attached hydrogen (secondary N) is 1. The second-order valence-corrected chi connectivity index (χ2v) is 11.0. The molecule has 1 aliphatic carbocycles. The second kappa shape index (κ2) is 12.2. The van der Waals surface area contributed by atoms with E-state index in [1.807, 2.05) is 30.4 Å². The summed E-state index contributed by atoms with van der Waals surface area (Å²) in [7, 11) is 0. The van der Waals surface area contributed by atoms with E-state index in [1.165, 1.54) is 10.8 Å². The Kier molecular flexibility index (Phi) is 7.55. The summed E-state index contributed by atoms with van der Waals surface area (Å²) in [5.41, 5.74) is 9.68. The Bertz CT molecular complexity index is 1990. The maximum Gasteiger partial charge on any atom is 0.0540 e. The van der Waals surface area contributed by atoms with Crippen LogP contribution >= 0.6 is 0 Å². The Balaban J connectivity index is 1.18. The third-order valence-electron chi connectivity index (χ3n) is 8.20. The Morgan fingerprint density at radius 1 is 0.545 bits per heavy atom. The predicted molar refractivity (Wildman–Crippen MR) is 187 cm³/mol. The zero-order valence-electron chi connectivity index (χ0n) is 24.3. The minimum absolute atomic E-state index is 0.0866. The number of para-hydroxylation sites is 1. The second-order valence-electron chi connectivity index (χ2n) is 11.0. The van der Waals surface area contributed by atoms with Crippen LogP contribution in [-0.2, 0) is 0 Å². The van der Waals surface area contributed by atoms with Crippen LogP contribution in [0.15, 0.2) is 182 Å². The molecule has 0 aliphatic heterocycles. The molecule has 7 rings (SSSR count). The summed E-state index contributed by atoms with van der Waals surface area (Å²) >= 11 is 0. The van der Waals surface area contributed by atoms with Crippen molar-refractivity contribution < 1.29 is 0 Å². The molecule has 44 heavy (non-hydrogen) atoms. The van der Waals surface area contributed by atoms with Crippen molar-refractivity contribution in [3.05, 3.63) is 193 Å². The minimum atomic E-state index is -0.0866. The highest BCUT2D eigenvalue weighted by molar-refractivity contribution is 6.02. The van der Waals surface area contributed by atoms with E-state index in [0.717, 1.165) is 44.9 Å². The molecule has 0 saturated heterocycles. The van der Waals surface area contributed by atoms with Gasteiger partial charge in [0.15, 0.2) is 0 Å². The number of fused-ring (bicyclic) bond motifs is 1. The molecule has 0 spiro atoms. The number of rotatable bonds is 7. The van der Waals surface area contributed by atoms with Crippen LogP contribution in [0.4, 0.5) is 17.1 Å². The lowest BCUT2D eigenvalue weighted by atomic mass is 9.83. The Morgan fingerprint density at radius 2 is 1.16 bits per heavy atom. The smallest absolute Gasteiger partial charge is 0.0540 e. The maximum atomic E-state index is 8.70. The van der Waals surface area contributed by atoms with Crippen LogP contribution in [0.25, 0.3) is 28.0 Å². The van der Waals surface area contributed by atoms with Crippen molar-refractivity contribution in [2.75, 3.05) is 4.90 Å². The van der Waals surface area contributed by atoms with Crippen LogP contribution in [0.2, 0.25) is 0 Å². The van der Waals surface area contributed by atoms with Gasteiger partial charge in [-0.2, -0.15) is 0 Å². The van der Waals surface area contributed by atoms with Crippen molar-refractivity contribution in [1.82, 2.24) is 0 Å². The molecule has 0 heterocycles. The molecule has 0 radical (unpaired) electrons. The zero-order valence-corrected chi connectivity index (χ0v) is 24.3. The quantitative estimate of drug-likeness (QED) is 0.205. The first kappa shape index (κ1) is 27.1. The van der Waals surface area contributed by atoms with Gasteiger partial charge in [-0.25, -0.2) is 0 Å². The van der Waals surface area contributed by atoms with E-state index in [1.54, 1.807) is 0 Å². The summed E-state index contributed by atoms with van der Waals surface area (Å²) in [5, 5.41) is 11.1. The zero-order chi connectivity index (χ0) is 29.7. The molecule has 1 unspecified atom stereocenters. The van der Waals surface area contributed by atoms with Gasteiger partial charge in [0.25, 0.3) is 0 Å². The fraction of sp³-hybridized carbons (Fsp3) is 0.0238. The van der Waals surface area contributed by atoms with Gasteiger partial charge in [-0.3, -0.25) is 0 Å². The lowest BCUT2D eigenvalue weighted by Crippen LogP contribution is -2.13. The minimum Gasteiger partial charge on any atom is -0.310 e. The van der Waals surface area contributed by atoms with Crippen LogP contribution in [0.1, 0.15) is 17.0 Å². The number of benzene rings is 6. The van der Waals surface area contributed by atoms with E-state index >= 15 is 0 Å². The van der Waals surface area contributed by atoms with Crippen LogP contribution < -0.4 is 4.90 Å². The molecular formula is C42H32N2. The van der Waals surface area contributed by atoms with Crippen LogP contribution in [-0.4, -0.2) is 5.71 Å². The number of hydrogen-bond acceptors (Lipinski definition) is 2. The van der Waals surface area contributed by atoms with Gasteiger partial charge in [0, 0.05) is 22.5 Å². The highest BCUT2D eigenvalue weighted by Crippen LogP contribution is 2.39. The van der Waals surface area contributed by atoms with Gasteiger partial charge in [-0.1, -0.05) is 146 Å². The molecule has 1 N–H and O–H groups in total. The fourth-order valence-electron chi connectivity index (χ4n) is 5.99. The molecule has 6 aromatic carbocycles. The highest BCUT2D eigenvalue weighted by Gasteiger charge is 2.21. The fourth-order valence-corrected chi connectivity index (χ4v) is 5.99. The molecule has 1 aliphatic rings. The molecule has 210 valence electrons. The molecule has 0 saturated carbocycles. The van der Waals surface area contributed by atoms with Crippen molar-refractivity contribution >= 4 is 39.6 Å². The summed E-state index contributed by atoms with van der Waals surface area (Å²) in [6, 6.07) is 53.4. The number of nitrogens with zero attached hydrogens (tertiary/aromatic N) is 1. The van der Waals surface area contributed by atoms with Crippen LogP contribution in [0, 0.1) is 5.41 Å². The topological polar surface area (TPSA) is 27.1 Å². The SMILES string of the molecule is N=C1C=CC=C(C=Cc2ccccc2)C1c1ccc(-c2ccc(N(c3ccccc3)c3cccc4ccccc34)cc2)cc1. The van der Waals surface area contributed by atoms with Gasteiger partial charge in [0.2, 0.25) is 0 Å². The van der Waals surface area contributed by atoms with Crippen LogP contribution in [0.3, 0.4) is 0 Å². The van der Waals surface area contributed by atoms with Gasteiger partial charge in [0.1, 0.15) is 0 Å². The van der Waals surface area contributed by atoms with Crippen molar-refractivity contribution in [3.8, 4) is 11.1 Å². The number of allylic oxidation sites excluding steroid dienone is 5. The van der Waals surface area contributed by atoms with Gasteiger partial charge < -0.3 is 10.3 Å². The molecule has 0 amide bonds. The summed E-state index contributed by atoms with van der Waals surface area (Å²) in [6.07, 6.45) is 10.2. The molecule has 1 atom stereocenters. The predicted octanol–water partition coefficient (Wildman–Crippen LogP) is 11.3. The van der Waals surface area contributed by atoms with E-state index in [-0.39, 0.29) is 5.92 Å². The highest BCUT2D eigenvalue weighted by atomic mass is 15.1. The first-order valence-corrected chi connectivity index (χ1v) is 15.0. The molecular weight excluding hydrogens is 532 g/mol. The van der Waals surface area contributed by atoms with Crippen LogP contribution in [0.5, 0.6) is 0 Å². The summed E-state index contributed by atoms with van der Waals surface area (Å²) in [5.74, 6) is -0.0866. The van der Waals surface area contributed by atoms with Crippen molar-refractivity contribution in [2.45, 2.75) is 5.92 Å². The Hall–Kier alpha value is -5.73. The lowest BCUT2D eigenvalue weighted by molar-refractivity contribution is 1.06. The monoisotopic (exact) mass is 564 g/mol. The molecule has 0 aromatic heterocycles. The summed E-state index contributed by atoms with van der Waals surface area (Å²) in [4.78, 5) is 2.33. The van der Waals surface area contributed by atoms with Gasteiger partial charge in [-0.15, -0.1) is 0 Å². The first-order valence-electron chi connectivity index (χ1n) is 15.0. The molecule has 2 heteroatoms. The molecule has 2 nitrogen and oxygen atoms in total. The lowest BCUT2D eigenvalue weighted by Gasteiger charge is -2.27. The van der Waals surface area contributed by atoms with Gasteiger partial charge >= 0.3 is 0 Å².